The Morgan fingerprint density at radius 1 is 1.32 bits per heavy atom. The van der Waals surface area contributed by atoms with Crippen molar-refractivity contribution in [2.24, 2.45) is 17.8 Å². The van der Waals surface area contributed by atoms with Gasteiger partial charge in [0.25, 0.3) is 5.95 Å². The molecule has 0 radical (unpaired) electrons. The van der Waals surface area contributed by atoms with Gasteiger partial charge in [-0.25, -0.2) is 9.18 Å². The van der Waals surface area contributed by atoms with Crippen LogP contribution in [0.15, 0.2) is 29.1 Å². The molecule has 9 nitrogen and oxygen atoms in total. The van der Waals surface area contributed by atoms with Crippen molar-refractivity contribution in [1.82, 2.24) is 10.1 Å². The van der Waals surface area contributed by atoms with Crippen LogP contribution in [0.4, 0.5) is 26.5 Å². The molecule has 1 aromatic heterocycles. The van der Waals surface area contributed by atoms with Crippen LogP contribution in [0, 0.1) is 34.9 Å². The minimum absolute atomic E-state index is 0.121. The van der Waals surface area contributed by atoms with Crippen LogP contribution in [0.1, 0.15) is 0 Å². The number of hydrogen-bond donors (Lipinski definition) is 1. The number of carbonyl (C=O) groups excluding carboxylic acids is 1. The van der Waals surface area contributed by atoms with E-state index in [1.54, 1.807) is 12.1 Å². The standard InChI is InChI=1S/C18H17FN6O3/c19-15-3-10(1-2-16(15)24-7-13-12(4-20)14(13)8-24)25-6-11(28-18(25)26)5-21-17-22-9-27-23-17/h1-3,9,11-14H,5-8H2,(H,21,23)/t11-,12-,13-,14+/m0/s1. The van der Waals surface area contributed by atoms with Crippen molar-refractivity contribution in [3.05, 3.63) is 30.4 Å². The fraction of sp³-hybridized carbons (Fsp3) is 0.444. The van der Waals surface area contributed by atoms with E-state index in [1.807, 2.05) is 4.90 Å². The van der Waals surface area contributed by atoms with Crippen molar-refractivity contribution in [2.75, 3.05) is 41.3 Å². The fourth-order valence-electron chi connectivity index (χ4n) is 4.13. The molecule has 1 saturated carbocycles. The second kappa shape index (κ2) is 6.37. The summed E-state index contributed by atoms with van der Waals surface area (Å²) in [6.07, 6.45) is 0.262. The fourth-order valence-corrected chi connectivity index (χ4v) is 4.13. The van der Waals surface area contributed by atoms with Gasteiger partial charge in [-0.2, -0.15) is 10.2 Å². The van der Waals surface area contributed by atoms with E-state index in [1.165, 1.54) is 17.4 Å². The summed E-state index contributed by atoms with van der Waals surface area (Å²) in [5.41, 5.74) is 0.961. The van der Waals surface area contributed by atoms with Gasteiger partial charge in [0.15, 0.2) is 0 Å². The zero-order valence-corrected chi connectivity index (χ0v) is 14.8. The average molecular weight is 384 g/mol. The predicted octanol–water partition coefficient (Wildman–Crippen LogP) is 1.85. The molecule has 2 saturated heterocycles. The van der Waals surface area contributed by atoms with Crippen molar-refractivity contribution in [2.45, 2.75) is 6.10 Å². The van der Waals surface area contributed by atoms with E-state index in [0.29, 0.717) is 55.3 Å². The lowest BCUT2D eigenvalue weighted by Gasteiger charge is -2.23. The van der Waals surface area contributed by atoms with Gasteiger partial charge in [-0.15, -0.1) is 0 Å². The molecule has 144 valence electrons. The minimum atomic E-state index is -0.522. The lowest BCUT2D eigenvalue weighted by Crippen LogP contribution is -2.28. The lowest BCUT2D eigenvalue weighted by molar-refractivity contribution is 0.147. The number of nitrogens with zero attached hydrogens (tertiary/aromatic N) is 5. The molecule has 3 aliphatic rings. The van der Waals surface area contributed by atoms with Crippen molar-refractivity contribution in [1.29, 1.82) is 5.26 Å². The molecule has 0 bridgehead atoms. The minimum Gasteiger partial charge on any atom is -0.442 e. The second-order valence-electron chi connectivity index (χ2n) is 7.28. The number of amides is 1. The number of carbonyl (C=O) groups is 1. The molecule has 10 heteroatoms. The number of ether oxygens (including phenoxy) is 1. The summed E-state index contributed by atoms with van der Waals surface area (Å²) >= 11 is 0. The highest BCUT2D eigenvalue weighted by Gasteiger charge is 2.56. The second-order valence-corrected chi connectivity index (χ2v) is 7.28. The maximum absolute atomic E-state index is 14.7. The number of nitrogens with one attached hydrogen (secondary N) is 1. The first-order valence-corrected chi connectivity index (χ1v) is 9.06. The molecule has 4 atom stereocenters. The third-order valence-corrected chi connectivity index (χ3v) is 5.65. The summed E-state index contributed by atoms with van der Waals surface area (Å²) in [4.78, 5) is 19.4. The largest absolute Gasteiger partial charge is 0.442 e. The summed E-state index contributed by atoms with van der Waals surface area (Å²) in [7, 11) is 0. The van der Waals surface area contributed by atoms with Crippen LogP contribution in [-0.4, -0.2) is 48.5 Å². The van der Waals surface area contributed by atoms with Crippen molar-refractivity contribution in [3.8, 4) is 6.07 Å². The van der Waals surface area contributed by atoms with Crippen LogP contribution in [-0.2, 0) is 4.74 Å². The highest BCUT2D eigenvalue weighted by Crippen LogP contribution is 2.52. The van der Waals surface area contributed by atoms with E-state index >= 15 is 0 Å². The molecule has 1 aromatic carbocycles. The number of halogens is 1. The topological polar surface area (TPSA) is 108 Å². The highest BCUT2D eigenvalue weighted by atomic mass is 19.1. The number of fused-ring (bicyclic) bond motifs is 1. The number of hydrogen-bond acceptors (Lipinski definition) is 8. The number of piperidine rings is 1. The number of benzene rings is 1. The molecule has 1 amide bonds. The number of rotatable bonds is 5. The van der Waals surface area contributed by atoms with Crippen molar-refractivity contribution >= 4 is 23.4 Å². The van der Waals surface area contributed by atoms with Crippen LogP contribution in [0.2, 0.25) is 0 Å². The Morgan fingerprint density at radius 3 is 2.82 bits per heavy atom. The number of nitriles is 1. The highest BCUT2D eigenvalue weighted by molar-refractivity contribution is 5.90. The van der Waals surface area contributed by atoms with E-state index in [0.717, 1.165) is 0 Å². The Balaban J connectivity index is 1.23. The Labute approximate surface area is 159 Å². The van der Waals surface area contributed by atoms with Crippen LogP contribution in [0.3, 0.4) is 0 Å². The van der Waals surface area contributed by atoms with Gasteiger partial charge in [-0.3, -0.25) is 4.90 Å². The Kier molecular flexibility index (Phi) is 3.82. The number of cyclic esters (lactones) is 1. The SMILES string of the molecule is N#C[C@@H]1[C@H]2CN(c3ccc(N4C[C@H](CNc5ncon5)OC4=O)cc3F)C[C@@H]12. The summed E-state index contributed by atoms with van der Waals surface area (Å²) in [6, 6.07) is 7.08. The van der Waals surface area contributed by atoms with E-state index in [9.17, 15) is 9.18 Å². The van der Waals surface area contributed by atoms with Gasteiger partial charge in [-0.05, 0) is 35.2 Å². The predicted molar refractivity (Wildman–Crippen MR) is 95.1 cm³/mol. The molecule has 2 aromatic rings. The molecule has 1 aliphatic carbocycles. The maximum Gasteiger partial charge on any atom is 0.414 e. The van der Waals surface area contributed by atoms with Crippen molar-refractivity contribution in [3.63, 3.8) is 0 Å². The summed E-state index contributed by atoms with van der Waals surface area (Å²) in [6.45, 7) is 2.02. The molecule has 2 aliphatic heterocycles. The maximum atomic E-state index is 14.7. The lowest BCUT2D eigenvalue weighted by atomic mass is 10.2. The summed E-state index contributed by atoms with van der Waals surface area (Å²) < 4.78 is 24.7. The van der Waals surface area contributed by atoms with E-state index in [4.69, 9.17) is 10.00 Å². The molecule has 0 unspecified atom stereocenters. The van der Waals surface area contributed by atoms with Gasteiger partial charge in [0.05, 0.1) is 36.5 Å². The van der Waals surface area contributed by atoms with Gasteiger partial charge in [0, 0.05) is 13.1 Å². The zero-order valence-electron chi connectivity index (χ0n) is 14.8. The van der Waals surface area contributed by atoms with E-state index < -0.39 is 12.2 Å². The normalized spacial score (nSPS) is 28.1. The van der Waals surface area contributed by atoms with Gasteiger partial charge >= 0.3 is 6.09 Å². The quantitative estimate of drug-likeness (QED) is 0.832. The first-order valence-electron chi connectivity index (χ1n) is 9.06. The number of aromatic nitrogens is 2. The zero-order chi connectivity index (χ0) is 19.3. The third-order valence-electron chi connectivity index (χ3n) is 5.65. The number of anilines is 3. The summed E-state index contributed by atoms with van der Waals surface area (Å²) in [5, 5.41) is 15.5. The van der Waals surface area contributed by atoms with Crippen LogP contribution < -0.4 is 15.1 Å². The first kappa shape index (κ1) is 16.8. The third kappa shape index (κ3) is 2.79. The van der Waals surface area contributed by atoms with Crippen molar-refractivity contribution < 1.29 is 18.4 Å². The average Bonchev–Trinajstić information content (AvgIpc) is 3.16. The Morgan fingerprint density at radius 2 is 2.14 bits per heavy atom. The summed E-state index contributed by atoms with van der Waals surface area (Å²) in [5.74, 6) is 0.756. The van der Waals surface area contributed by atoms with Crippen LogP contribution >= 0.6 is 0 Å². The molecule has 28 heavy (non-hydrogen) atoms. The monoisotopic (exact) mass is 384 g/mol. The molecule has 3 fully saturated rings. The van der Waals surface area contributed by atoms with Gasteiger partial charge in [0.2, 0.25) is 6.39 Å². The first-order chi connectivity index (χ1) is 13.6. The molecular weight excluding hydrogens is 367 g/mol. The van der Waals surface area contributed by atoms with E-state index in [2.05, 4.69) is 26.0 Å². The van der Waals surface area contributed by atoms with Crippen LogP contribution in [0.25, 0.3) is 0 Å². The van der Waals surface area contributed by atoms with Gasteiger partial charge < -0.3 is 19.5 Å². The Hall–Kier alpha value is -3.35. The van der Waals surface area contributed by atoms with E-state index in [-0.39, 0.29) is 11.7 Å². The molecule has 0 spiro atoms. The van der Waals surface area contributed by atoms with Gasteiger partial charge in [0.1, 0.15) is 11.9 Å². The Bertz CT molecular complexity index is 933. The smallest absolute Gasteiger partial charge is 0.414 e. The van der Waals surface area contributed by atoms with Gasteiger partial charge in [-0.1, -0.05) is 0 Å². The molecular formula is C18H17FN6O3. The van der Waals surface area contributed by atoms with Crippen LogP contribution in [0.5, 0.6) is 0 Å². The molecule has 1 N–H and O–H groups in total. The molecule has 3 heterocycles. The molecule has 5 rings (SSSR count).